The number of rotatable bonds is 6. The zero-order chi connectivity index (χ0) is 17.0. The fourth-order valence-electron chi connectivity index (χ4n) is 2.74. The zero-order valence-corrected chi connectivity index (χ0v) is 14.9. The number of halogens is 1. The molecule has 0 saturated heterocycles. The Labute approximate surface area is 144 Å². The summed E-state index contributed by atoms with van der Waals surface area (Å²) in [6.45, 7) is 4.69. The Morgan fingerprint density at radius 1 is 1.39 bits per heavy atom. The monoisotopic (exact) mass is 383 g/mol. The largest absolute Gasteiger partial charge is 0.480 e. The predicted molar refractivity (Wildman–Crippen MR) is 92.7 cm³/mol. The minimum absolute atomic E-state index is 0.0520. The molecule has 1 aromatic carbocycles. The number of nitrogens with one attached hydrogen (secondary N) is 2. The van der Waals surface area contributed by atoms with E-state index in [0.29, 0.717) is 6.54 Å². The SMILES string of the molecule is CCN(CC(=O)O)C1CC(NC(=O)Nc2ccc(C)cc2Br)C1. The smallest absolute Gasteiger partial charge is 0.319 e. The summed E-state index contributed by atoms with van der Waals surface area (Å²) in [5, 5.41) is 14.6. The summed E-state index contributed by atoms with van der Waals surface area (Å²) in [6, 6.07) is 5.82. The van der Waals surface area contributed by atoms with Gasteiger partial charge in [-0.1, -0.05) is 13.0 Å². The molecule has 1 aliphatic rings. The maximum atomic E-state index is 12.0. The number of aryl methyl sites for hydroxylation is 1. The van der Waals surface area contributed by atoms with Gasteiger partial charge in [0.1, 0.15) is 0 Å². The normalized spacial score (nSPS) is 20.0. The van der Waals surface area contributed by atoms with Gasteiger partial charge in [0.05, 0.1) is 12.2 Å². The van der Waals surface area contributed by atoms with Crippen molar-refractivity contribution >= 4 is 33.6 Å². The number of anilines is 1. The van der Waals surface area contributed by atoms with Crippen LogP contribution in [-0.2, 0) is 4.79 Å². The lowest BCUT2D eigenvalue weighted by Gasteiger charge is -2.42. The van der Waals surface area contributed by atoms with Gasteiger partial charge in [-0.05, 0) is 59.9 Å². The van der Waals surface area contributed by atoms with E-state index >= 15 is 0 Å². The molecule has 0 radical (unpaired) electrons. The summed E-state index contributed by atoms with van der Waals surface area (Å²) in [5.74, 6) is -0.815. The third-order valence-electron chi connectivity index (χ3n) is 4.08. The number of hydrogen-bond donors (Lipinski definition) is 3. The molecule has 2 amide bonds. The lowest BCUT2D eigenvalue weighted by Crippen LogP contribution is -2.55. The van der Waals surface area contributed by atoms with E-state index in [0.717, 1.165) is 28.6 Å². The van der Waals surface area contributed by atoms with Crippen molar-refractivity contribution in [3.8, 4) is 0 Å². The first-order valence-corrected chi connectivity index (χ1v) is 8.47. The second-order valence-electron chi connectivity index (χ2n) is 5.86. The number of amides is 2. The third-order valence-corrected chi connectivity index (χ3v) is 4.74. The third kappa shape index (κ3) is 4.94. The number of urea groups is 1. The highest BCUT2D eigenvalue weighted by molar-refractivity contribution is 9.10. The average molecular weight is 384 g/mol. The number of aliphatic carboxylic acids is 1. The topological polar surface area (TPSA) is 81.7 Å². The molecular formula is C16H22BrN3O3. The van der Waals surface area contributed by atoms with E-state index in [1.165, 1.54) is 0 Å². The van der Waals surface area contributed by atoms with E-state index in [-0.39, 0.29) is 24.7 Å². The first-order valence-electron chi connectivity index (χ1n) is 7.68. The van der Waals surface area contributed by atoms with E-state index in [1.807, 2.05) is 36.9 Å². The van der Waals surface area contributed by atoms with Gasteiger partial charge in [-0.25, -0.2) is 4.79 Å². The van der Waals surface area contributed by atoms with Crippen LogP contribution in [0.2, 0.25) is 0 Å². The Kier molecular flexibility index (Phi) is 6.01. The van der Waals surface area contributed by atoms with Gasteiger partial charge in [0.15, 0.2) is 0 Å². The van der Waals surface area contributed by atoms with Crippen LogP contribution in [-0.4, -0.2) is 47.2 Å². The molecule has 0 spiro atoms. The van der Waals surface area contributed by atoms with Crippen LogP contribution in [0.4, 0.5) is 10.5 Å². The number of benzene rings is 1. The standard InChI is InChI=1S/C16H22BrN3O3/c1-3-20(9-15(21)22)12-7-11(8-12)18-16(23)19-14-5-4-10(2)6-13(14)17/h4-6,11-12H,3,7-9H2,1-2H3,(H,21,22)(H2,18,19,23). The number of carboxylic acid groups (broad SMARTS) is 1. The Hall–Kier alpha value is -1.60. The Bertz CT molecular complexity index is 588. The van der Waals surface area contributed by atoms with E-state index in [4.69, 9.17) is 5.11 Å². The lowest BCUT2D eigenvalue weighted by atomic mass is 9.85. The minimum atomic E-state index is -0.815. The van der Waals surface area contributed by atoms with E-state index in [1.54, 1.807) is 0 Å². The van der Waals surface area contributed by atoms with Crippen LogP contribution >= 0.6 is 15.9 Å². The molecule has 1 saturated carbocycles. The average Bonchev–Trinajstić information content (AvgIpc) is 2.43. The number of hydrogen-bond acceptors (Lipinski definition) is 3. The van der Waals surface area contributed by atoms with Gasteiger partial charge < -0.3 is 15.7 Å². The molecule has 1 fully saturated rings. The molecule has 2 rings (SSSR count). The predicted octanol–water partition coefficient (Wildman–Crippen LogP) is 2.82. The number of carboxylic acids is 1. The van der Waals surface area contributed by atoms with Crippen molar-refractivity contribution in [2.45, 2.75) is 38.8 Å². The molecule has 1 aliphatic carbocycles. The fraction of sp³-hybridized carbons (Fsp3) is 0.500. The van der Waals surface area contributed by atoms with Crippen molar-refractivity contribution in [2.75, 3.05) is 18.4 Å². The van der Waals surface area contributed by atoms with E-state index in [9.17, 15) is 9.59 Å². The summed E-state index contributed by atoms with van der Waals surface area (Å²) in [5.41, 5.74) is 1.84. The van der Waals surface area contributed by atoms with Crippen LogP contribution in [0.5, 0.6) is 0 Å². The van der Waals surface area contributed by atoms with Gasteiger partial charge in [-0.15, -0.1) is 0 Å². The molecule has 23 heavy (non-hydrogen) atoms. The summed E-state index contributed by atoms with van der Waals surface area (Å²) in [6.07, 6.45) is 1.56. The molecule has 7 heteroatoms. The van der Waals surface area contributed by atoms with E-state index in [2.05, 4.69) is 26.6 Å². The van der Waals surface area contributed by atoms with Gasteiger partial charge >= 0.3 is 12.0 Å². The van der Waals surface area contributed by atoms with Crippen LogP contribution < -0.4 is 10.6 Å². The van der Waals surface area contributed by atoms with Crippen molar-refractivity contribution in [3.63, 3.8) is 0 Å². The van der Waals surface area contributed by atoms with Gasteiger partial charge in [-0.2, -0.15) is 0 Å². The van der Waals surface area contributed by atoms with E-state index < -0.39 is 5.97 Å². The van der Waals surface area contributed by atoms with Crippen molar-refractivity contribution in [2.24, 2.45) is 0 Å². The van der Waals surface area contributed by atoms with Gasteiger partial charge in [0.25, 0.3) is 0 Å². The summed E-state index contributed by atoms with van der Waals surface area (Å²) in [7, 11) is 0. The number of carbonyl (C=O) groups is 2. The minimum Gasteiger partial charge on any atom is -0.480 e. The van der Waals surface area contributed by atoms with Gasteiger partial charge in [0, 0.05) is 16.6 Å². The maximum absolute atomic E-state index is 12.0. The summed E-state index contributed by atoms with van der Waals surface area (Å²) >= 11 is 3.43. The highest BCUT2D eigenvalue weighted by Gasteiger charge is 2.34. The molecule has 0 unspecified atom stereocenters. The van der Waals surface area contributed by atoms with Crippen LogP contribution in [0.1, 0.15) is 25.3 Å². The quantitative estimate of drug-likeness (QED) is 0.705. The Morgan fingerprint density at radius 3 is 2.65 bits per heavy atom. The molecular weight excluding hydrogens is 362 g/mol. The second kappa shape index (κ2) is 7.79. The zero-order valence-electron chi connectivity index (χ0n) is 13.3. The van der Waals surface area contributed by atoms with Gasteiger partial charge in [-0.3, -0.25) is 9.69 Å². The molecule has 0 heterocycles. The number of likely N-dealkylation sites (N-methyl/N-ethyl adjacent to an activating group) is 1. The summed E-state index contributed by atoms with van der Waals surface area (Å²) < 4.78 is 0.845. The molecule has 0 bridgehead atoms. The van der Waals surface area contributed by atoms with Crippen LogP contribution in [0, 0.1) is 6.92 Å². The Balaban J connectivity index is 1.78. The van der Waals surface area contributed by atoms with Crippen molar-refractivity contribution in [1.82, 2.24) is 10.2 Å². The second-order valence-corrected chi connectivity index (χ2v) is 6.72. The van der Waals surface area contributed by atoms with Crippen molar-refractivity contribution in [1.29, 1.82) is 0 Å². The van der Waals surface area contributed by atoms with Crippen molar-refractivity contribution < 1.29 is 14.7 Å². The molecule has 1 aromatic rings. The highest BCUT2D eigenvalue weighted by Crippen LogP contribution is 2.26. The molecule has 0 aromatic heterocycles. The molecule has 0 aliphatic heterocycles. The molecule has 3 N–H and O–H groups in total. The number of carbonyl (C=O) groups excluding carboxylic acids is 1. The first-order chi connectivity index (χ1) is 10.9. The van der Waals surface area contributed by atoms with Crippen molar-refractivity contribution in [3.05, 3.63) is 28.2 Å². The first kappa shape index (κ1) is 17.7. The van der Waals surface area contributed by atoms with Crippen LogP contribution in [0.25, 0.3) is 0 Å². The lowest BCUT2D eigenvalue weighted by molar-refractivity contribution is -0.139. The molecule has 126 valence electrons. The van der Waals surface area contributed by atoms with Crippen LogP contribution in [0.15, 0.2) is 22.7 Å². The Morgan fingerprint density at radius 2 is 2.09 bits per heavy atom. The van der Waals surface area contributed by atoms with Crippen LogP contribution in [0.3, 0.4) is 0 Å². The summed E-state index contributed by atoms with van der Waals surface area (Å²) in [4.78, 5) is 24.8. The number of nitrogens with zero attached hydrogens (tertiary/aromatic N) is 1. The fourth-order valence-corrected chi connectivity index (χ4v) is 3.33. The van der Waals surface area contributed by atoms with Gasteiger partial charge in [0.2, 0.25) is 0 Å². The highest BCUT2D eigenvalue weighted by atomic mass is 79.9. The maximum Gasteiger partial charge on any atom is 0.319 e. The molecule has 0 atom stereocenters. The molecule has 6 nitrogen and oxygen atoms in total.